The number of benzene rings is 1. The highest BCUT2D eigenvalue weighted by Crippen LogP contribution is 2.47. The highest BCUT2D eigenvalue weighted by atomic mass is 15.3. The Labute approximate surface area is 102 Å². The van der Waals surface area contributed by atoms with Gasteiger partial charge in [0.05, 0.1) is 17.5 Å². The van der Waals surface area contributed by atoms with Gasteiger partial charge in [-0.1, -0.05) is 0 Å². The Kier molecular flexibility index (Phi) is 1.82. The van der Waals surface area contributed by atoms with Gasteiger partial charge in [0.15, 0.2) is 0 Å². The zero-order valence-electron chi connectivity index (χ0n) is 10.5. The molecule has 2 N–H and O–H groups in total. The van der Waals surface area contributed by atoms with Gasteiger partial charge < -0.3 is 15.5 Å². The molecular weight excluding hydrogens is 210 g/mol. The average Bonchev–Trinajstić information content (AvgIpc) is 2.75. The zero-order chi connectivity index (χ0) is 11.6. The smallest absolute Gasteiger partial charge is 0.0959 e. The summed E-state index contributed by atoms with van der Waals surface area (Å²) in [5.74, 6) is 0. The Bertz CT molecular complexity index is 483. The summed E-state index contributed by atoms with van der Waals surface area (Å²) in [5.41, 5.74) is 5.77. The number of hydrogen-bond acceptors (Lipinski definition) is 3. The summed E-state index contributed by atoms with van der Waals surface area (Å²) in [6.07, 6.45) is 4.38. The first-order chi connectivity index (χ1) is 8.24. The summed E-state index contributed by atoms with van der Waals surface area (Å²) < 4.78 is 0. The summed E-state index contributed by atoms with van der Waals surface area (Å²) in [6.45, 7) is 2.21. The maximum absolute atomic E-state index is 3.74. The van der Waals surface area contributed by atoms with Crippen molar-refractivity contribution in [3.63, 3.8) is 0 Å². The number of nitrogens with zero attached hydrogens (tertiary/aromatic N) is 1. The van der Waals surface area contributed by atoms with Crippen LogP contribution in [-0.2, 0) is 0 Å². The van der Waals surface area contributed by atoms with Crippen LogP contribution in [0.25, 0.3) is 0 Å². The normalized spacial score (nSPS) is 33.3. The summed E-state index contributed by atoms with van der Waals surface area (Å²) in [5, 5.41) is 7.29. The second-order valence-corrected chi connectivity index (χ2v) is 5.63. The minimum atomic E-state index is 0.417. The van der Waals surface area contributed by atoms with E-state index in [1.165, 1.54) is 30.6 Å². The van der Waals surface area contributed by atoms with Gasteiger partial charge in [-0.25, -0.2) is 0 Å². The van der Waals surface area contributed by atoms with E-state index in [0.717, 1.165) is 0 Å². The highest BCUT2D eigenvalue weighted by Gasteiger charge is 2.36. The molecule has 1 aromatic rings. The van der Waals surface area contributed by atoms with E-state index in [2.05, 4.69) is 41.6 Å². The van der Waals surface area contributed by atoms with Crippen molar-refractivity contribution in [2.24, 2.45) is 0 Å². The van der Waals surface area contributed by atoms with Crippen LogP contribution in [0.3, 0.4) is 0 Å². The molecular formula is C14H19N3. The molecule has 4 rings (SSSR count). The third-order valence-corrected chi connectivity index (χ3v) is 4.67. The molecule has 3 heterocycles. The van der Waals surface area contributed by atoms with E-state index in [9.17, 15) is 0 Å². The van der Waals surface area contributed by atoms with Crippen molar-refractivity contribution < 1.29 is 0 Å². The van der Waals surface area contributed by atoms with Gasteiger partial charge >= 0.3 is 0 Å². The molecule has 3 nitrogen and oxygen atoms in total. The van der Waals surface area contributed by atoms with Gasteiger partial charge in [0, 0.05) is 19.1 Å². The van der Waals surface area contributed by atoms with Crippen LogP contribution in [0.15, 0.2) is 12.1 Å². The predicted octanol–water partition coefficient (Wildman–Crippen LogP) is 2.76. The molecule has 90 valence electrons. The van der Waals surface area contributed by atoms with Crippen molar-refractivity contribution in [3.8, 4) is 0 Å². The Hall–Kier alpha value is -1.22. The third kappa shape index (κ3) is 1.20. The van der Waals surface area contributed by atoms with Crippen molar-refractivity contribution >= 4 is 11.4 Å². The van der Waals surface area contributed by atoms with E-state index in [-0.39, 0.29) is 0 Å². The molecule has 1 fully saturated rings. The lowest BCUT2D eigenvalue weighted by Gasteiger charge is -2.21. The van der Waals surface area contributed by atoms with Gasteiger partial charge in [-0.15, -0.1) is 0 Å². The Morgan fingerprint density at radius 2 is 1.88 bits per heavy atom. The fourth-order valence-corrected chi connectivity index (χ4v) is 3.59. The lowest BCUT2D eigenvalue weighted by atomic mass is 10.0. The third-order valence-electron chi connectivity index (χ3n) is 4.67. The predicted molar refractivity (Wildman–Crippen MR) is 70.4 cm³/mol. The van der Waals surface area contributed by atoms with Gasteiger partial charge in [-0.3, -0.25) is 0 Å². The molecule has 3 heteroatoms. The van der Waals surface area contributed by atoms with E-state index in [4.69, 9.17) is 0 Å². The minimum absolute atomic E-state index is 0.417. The lowest BCUT2D eigenvalue weighted by molar-refractivity contribution is 0.370. The van der Waals surface area contributed by atoms with E-state index in [0.29, 0.717) is 18.2 Å². The van der Waals surface area contributed by atoms with Gasteiger partial charge in [0.1, 0.15) is 0 Å². The van der Waals surface area contributed by atoms with Gasteiger partial charge in [-0.2, -0.15) is 0 Å². The summed E-state index contributed by atoms with van der Waals surface area (Å²) in [4.78, 5) is 2.33. The first-order valence-electron chi connectivity index (χ1n) is 6.67. The molecule has 3 aliphatic heterocycles. The molecule has 2 bridgehead atoms. The SMILES string of the molecule is CC1Nc2cc3c(cc2N1C)C1CCCC3N1. The van der Waals surface area contributed by atoms with E-state index in [1.807, 2.05) is 0 Å². The number of piperidine rings is 1. The lowest BCUT2D eigenvalue weighted by Crippen LogP contribution is -2.28. The second kappa shape index (κ2) is 3.16. The summed E-state index contributed by atoms with van der Waals surface area (Å²) in [7, 11) is 2.17. The first kappa shape index (κ1) is 9.77. The monoisotopic (exact) mass is 229 g/mol. The Morgan fingerprint density at radius 1 is 1.18 bits per heavy atom. The molecule has 3 unspecified atom stereocenters. The largest absolute Gasteiger partial charge is 0.364 e. The number of rotatable bonds is 0. The van der Waals surface area contributed by atoms with Gasteiger partial charge in [0.2, 0.25) is 0 Å². The number of fused-ring (bicyclic) bond motifs is 6. The zero-order valence-corrected chi connectivity index (χ0v) is 10.5. The van der Waals surface area contributed by atoms with E-state index >= 15 is 0 Å². The molecule has 0 aromatic heterocycles. The van der Waals surface area contributed by atoms with E-state index in [1.54, 1.807) is 11.1 Å². The Balaban J connectivity index is 1.87. The molecule has 3 atom stereocenters. The average molecular weight is 229 g/mol. The van der Waals surface area contributed by atoms with Crippen molar-refractivity contribution in [1.29, 1.82) is 0 Å². The van der Waals surface area contributed by atoms with Crippen molar-refractivity contribution in [3.05, 3.63) is 23.3 Å². The quantitative estimate of drug-likeness (QED) is 0.716. The topological polar surface area (TPSA) is 27.3 Å². The van der Waals surface area contributed by atoms with Crippen molar-refractivity contribution in [1.82, 2.24) is 5.32 Å². The van der Waals surface area contributed by atoms with Crippen LogP contribution in [0.5, 0.6) is 0 Å². The second-order valence-electron chi connectivity index (χ2n) is 5.63. The van der Waals surface area contributed by atoms with Gasteiger partial charge in [-0.05, 0) is 49.4 Å². The molecule has 0 spiro atoms. The highest BCUT2D eigenvalue weighted by molar-refractivity contribution is 5.78. The van der Waals surface area contributed by atoms with E-state index < -0.39 is 0 Å². The number of anilines is 2. The molecule has 1 aromatic carbocycles. The minimum Gasteiger partial charge on any atom is -0.364 e. The van der Waals surface area contributed by atoms with Crippen LogP contribution in [0.1, 0.15) is 49.4 Å². The first-order valence-corrected chi connectivity index (χ1v) is 6.67. The van der Waals surface area contributed by atoms with Crippen LogP contribution in [-0.4, -0.2) is 13.2 Å². The maximum Gasteiger partial charge on any atom is 0.0959 e. The Morgan fingerprint density at radius 3 is 2.65 bits per heavy atom. The maximum atomic E-state index is 3.74. The fraction of sp³-hybridized carbons (Fsp3) is 0.571. The molecule has 17 heavy (non-hydrogen) atoms. The van der Waals surface area contributed by atoms with Crippen LogP contribution >= 0.6 is 0 Å². The number of hydrogen-bond donors (Lipinski definition) is 2. The molecule has 0 saturated carbocycles. The summed E-state index contributed by atoms with van der Waals surface area (Å²) in [6, 6.07) is 6.01. The van der Waals surface area contributed by atoms with Gasteiger partial charge in [0.25, 0.3) is 0 Å². The van der Waals surface area contributed by atoms with Crippen molar-refractivity contribution in [2.45, 2.75) is 44.4 Å². The fourth-order valence-electron chi connectivity index (χ4n) is 3.59. The van der Waals surface area contributed by atoms with Crippen LogP contribution in [0.4, 0.5) is 11.4 Å². The van der Waals surface area contributed by atoms with Crippen LogP contribution in [0.2, 0.25) is 0 Å². The summed E-state index contributed by atoms with van der Waals surface area (Å²) >= 11 is 0. The molecule has 3 aliphatic rings. The number of nitrogens with one attached hydrogen (secondary N) is 2. The molecule has 0 amide bonds. The van der Waals surface area contributed by atoms with Crippen molar-refractivity contribution in [2.75, 3.05) is 17.3 Å². The molecule has 0 radical (unpaired) electrons. The van der Waals surface area contributed by atoms with Crippen LogP contribution in [0, 0.1) is 0 Å². The van der Waals surface area contributed by atoms with Crippen LogP contribution < -0.4 is 15.5 Å². The molecule has 0 aliphatic carbocycles. The standard InChI is InChI=1S/C14H19N3/c1-8-15-13-6-9-10(7-14(13)17(8)2)12-5-3-4-11(9)16-12/h6-8,11-12,15-16H,3-5H2,1-2H3. The molecule has 1 saturated heterocycles.